The van der Waals surface area contributed by atoms with Crippen molar-refractivity contribution in [1.82, 2.24) is 15.4 Å². The fourth-order valence-electron chi connectivity index (χ4n) is 2.84. The molecule has 0 spiro atoms. The number of anilines is 1. The second-order valence-corrected chi connectivity index (χ2v) is 5.05. The van der Waals surface area contributed by atoms with Crippen molar-refractivity contribution in [2.45, 2.75) is 34.2 Å². The molecule has 4 nitrogen and oxygen atoms in total. The minimum Gasteiger partial charge on any atom is -0.370 e. The largest absolute Gasteiger partial charge is 0.370 e. The molecule has 3 aromatic rings. The van der Waals surface area contributed by atoms with Crippen molar-refractivity contribution in [2.24, 2.45) is 0 Å². The number of nitrogens with zero attached hydrogens (tertiary/aromatic N) is 3. The quantitative estimate of drug-likeness (QED) is 0.623. The molecule has 0 saturated heterocycles. The van der Waals surface area contributed by atoms with Gasteiger partial charge in [-0.15, -0.1) is 0 Å². The van der Waals surface area contributed by atoms with E-state index in [1.807, 2.05) is 39.8 Å². The van der Waals surface area contributed by atoms with Crippen LogP contribution in [0.5, 0.6) is 0 Å². The highest BCUT2D eigenvalue weighted by Gasteiger charge is 2.22. The number of rotatable bonds is 0. The van der Waals surface area contributed by atoms with E-state index in [1.165, 1.54) is 11.3 Å². The van der Waals surface area contributed by atoms with Crippen LogP contribution in [-0.2, 0) is 6.54 Å². The molecular weight excluding hydrogens is 296 g/mol. The van der Waals surface area contributed by atoms with Gasteiger partial charge in [-0.3, -0.25) is 0 Å². The maximum atomic E-state index is 4.37. The van der Waals surface area contributed by atoms with Gasteiger partial charge in [-0.25, -0.2) is 0 Å². The number of fused-ring (bicyclic) bond motifs is 5. The second kappa shape index (κ2) is 8.29. The van der Waals surface area contributed by atoms with Crippen molar-refractivity contribution in [3.05, 3.63) is 54.1 Å². The number of aromatic amines is 1. The Bertz CT molecular complexity index is 777. The first kappa shape index (κ1) is 17.7. The minimum atomic E-state index is 0.861. The molecule has 2 aromatic carbocycles. The van der Waals surface area contributed by atoms with Crippen molar-refractivity contribution in [3.63, 3.8) is 0 Å². The van der Waals surface area contributed by atoms with E-state index in [9.17, 15) is 0 Å². The zero-order valence-corrected chi connectivity index (χ0v) is 15.2. The molecule has 4 heteroatoms. The number of hydrogen-bond donors (Lipinski definition) is 1. The molecule has 126 valence electrons. The van der Waals surface area contributed by atoms with Crippen LogP contribution in [0.15, 0.2) is 48.5 Å². The van der Waals surface area contributed by atoms with Gasteiger partial charge in [0.05, 0.1) is 0 Å². The summed E-state index contributed by atoms with van der Waals surface area (Å²) in [5.74, 6) is 0. The molecule has 0 radical (unpaired) electrons. The Morgan fingerprint density at radius 3 is 2.04 bits per heavy atom. The SMILES string of the molecule is CC.CC.CN1Cc2ccccc2-c2n[nH]nc2-c2ccccc21. The molecule has 0 aliphatic carbocycles. The Balaban J connectivity index is 0.000000487. The van der Waals surface area contributed by atoms with Crippen LogP contribution in [-0.4, -0.2) is 22.5 Å². The Hall–Kier alpha value is -2.62. The molecule has 2 heterocycles. The van der Waals surface area contributed by atoms with E-state index in [0.29, 0.717) is 0 Å². The van der Waals surface area contributed by atoms with Crippen molar-refractivity contribution in [3.8, 4) is 22.5 Å². The Morgan fingerprint density at radius 2 is 1.33 bits per heavy atom. The number of benzene rings is 2. The van der Waals surface area contributed by atoms with Gasteiger partial charge in [0.15, 0.2) is 0 Å². The molecule has 0 amide bonds. The average molecular weight is 322 g/mol. The molecule has 0 unspecified atom stereocenters. The van der Waals surface area contributed by atoms with Crippen molar-refractivity contribution in [1.29, 1.82) is 0 Å². The topological polar surface area (TPSA) is 44.8 Å². The molecule has 0 bridgehead atoms. The maximum absolute atomic E-state index is 4.37. The van der Waals surface area contributed by atoms with Gasteiger partial charge in [-0.05, 0) is 11.6 Å². The maximum Gasteiger partial charge on any atom is 0.122 e. The van der Waals surface area contributed by atoms with Crippen LogP contribution in [0.25, 0.3) is 22.5 Å². The van der Waals surface area contributed by atoms with Gasteiger partial charge in [0.25, 0.3) is 0 Å². The fraction of sp³-hybridized carbons (Fsp3) is 0.300. The van der Waals surface area contributed by atoms with Crippen LogP contribution in [0.3, 0.4) is 0 Å². The Morgan fingerprint density at radius 1 is 0.792 bits per heavy atom. The standard InChI is InChI=1S/C16H14N4.2C2H6/c1-20-10-11-6-2-3-7-12(11)15-16(18-19-17-15)13-8-4-5-9-14(13)20;2*1-2/h2-9H,10H2,1H3,(H,17,18,19);2*1-2H3. The van der Waals surface area contributed by atoms with Gasteiger partial charge in [0.2, 0.25) is 0 Å². The van der Waals surface area contributed by atoms with Gasteiger partial charge in [-0.1, -0.05) is 70.2 Å². The summed E-state index contributed by atoms with van der Waals surface area (Å²) in [5, 5.41) is 11.5. The summed E-state index contributed by atoms with van der Waals surface area (Å²) in [7, 11) is 2.11. The summed E-state index contributed by atoms with van der Waals surface area (Å²) >= 11 is 0. The molecule has 1 aliphatic heterocycles. The number of nitrogens with one attached hydrogen (secondary N) is 1. The molecule has 1 aliphatic rings. The summed E-state index contributed by atoms with van der Waals surface area (Å²) in [6.45, 7) is 8.86. The van der Waals surface area contributed by atoms with Gasteiger partial charge >= 0.3 is 0 Å². The van der Waals surface area contributed by atoms with Crippen LogP contribution >= 0.6 is 0 Å². The summed E-state index contributed by atoms with van der Waals surface area (Å²) in [4.78, 5) is 2.26. The third-order valence-corrected chi connectivity index (χ3v) is 3.80. The average Bonchev–Trinajstić information content (AvgIpc) is 3.13. The first-order chi connectivity index (χ1) is 11.8. The van der Waals surface area contributed by atoms with Crippen molar-refractivity contribution >= 4 is 5.69 Å². The summed E-state index contributed by atoms with van der Waals surface area (Å²) in [6, 6.07) is 16.7. The summed E-state index contributed by atoms with van der Waals surface area (Å²) in [5.41, 5.74) is 6.56. The summed E-state index contributed by atoms with van der Waals surface area (Å²) in [6.07, 6.45) is 0. The molecule has 0 atom stereocenters. The smallest absolute Gasteiger partial charge is 0.122 e. The lowest BCUT2D eigenvalue weighted by Gasteiger charge is -2.25. The Kier molecular flexibility index (Phi) is 6.13. The van der Waals surface area contributed by atoms with E-state index in [-0.39, 0.29) is 0 Å². The minimum absolute atomic E-state index is 0.861. The molecule has 1 aromatic heterocycles. The van der Waals surface area contributed by atoms with Crippen molar-refractivity contribution < 1.29 is 0 Å². The highest BCUT2D eigenvalue weighted by Crippen LogP contribution is 2.38. The number of H-pyrrole nitrogens is 1. The molecular formula is C20H26N4. The van der Waals surface area contributed by atoms with Crippen LogP contribution < -0.4 is 4.90 Å². The molecule has 1 N–H and O–H groups in total. The van der Waals surface area contributed by atoms with Crippen LogP contribution in [0.1, 0.15) is 33.3 Å². The normalized spacial score (nSPS) is 11.3. The second-order valence-electron chi connectivity index (χ2n) is 5.05. The van der Waals surface area contributed by atoms with Crippen LogP contribution in [0, 0.1) is 0 Å². The third kappa shape index (κ3) is 3.18. The van der Waals surface area contributed by atoms with Gasteiger partial charge in [-0.2, -0.15) is 15.4 Å². The monoisotopic (exact) mass is 322 g/mol. The highest BCUT2D eigenvalue weighted by atomic mass is 15.3. The third-order valence-electron chi connectivity index (χ3n) is 3.80. The molecule has 24 heavy (non-hydrogen) atoms. The predicted molar refractivity (Wildman–Crippen MR) is 102 cm³/mol. The van der Waals surface area contributed by atoms with Gasteiger partial charge < -0.3 is 4.90 Å². The lowest BCUT2D eigenvalue weighted by Crippen LogP contribution is -2.19. The van der Waals surface area contributed by atoms with Gasteiger partial charge in [0.1, 0.15) is 11.4 Å². The first-order valence-electron chi connectivity index (χ1n) is 8.64. The zero-order chi connectivity index (χ0) is 17.5. The highest BCUT2D eigenvalue weighted by molar-refractivity contribution is 5.87. The fourth-order valence-corrected chi connectivity index (χ4v) is 2.84. The van der Waals surface area contributed by atoms with Crippen molar-refractivity contribution in [2.75, 3.05) is 11.9 Å². The zero-order valence-electron chi connectivity index (χ0n) is 15.2. The van der Waals surface area contributed by atoms with E-state index in [4.69, 9.17) is 0 Å². The number of aromatic nitrogens is 3. The first-order valence-corrected chi connectivity index (χ1v) is 8.64. The van der Waals surface area contributed by atoms with E-state index < -0.39 is 0 Å². The van der Waals surface area contributed by atoms with E-state index in [1.54, 1.807) is 0 Å². The molecule has 4 rings (SSSR count). The van der Waals surface area contributed by atoms with Crippen LogP contribution in [0.2, 0.25) is 0 Å². The summed E-state index contributed by atoms with van der Waals surface area (Å²) < 4.78 is 0. The predicted octanol–water partition coefficient (Wildman–Crippen LogP) is 5.14. The van der Waals surface area contributed by atoms with E-state index >= 15 is 0 Å². The number of hydrogen-bond acceptors (Lipinski definition) is 3. The van der Waals surface area contributed by atoms with Crippen LogP contribution in [0.4, 0.5) is 5.69 Å². The molecule has 0 saturated carbocycles. The Labute approximate surface area is 144 Å². The number of para-hydroxylation sites is 1. The van der Waals surface area contributed by atoms with Gasteiger partial charge in [0, 0.05) is 30.4 Å². The lowest BCUT2D eigenvalue weighted by molar-refractivity contribution is 0.922. The van der Waals surface area contributed by atoms with E-state index in [2.05, 4.69) is 63.8 Å². The molecule has 0 fully saturated rings. The van der Waals surface area contributed by atoms with E-state index in [0.717, 1.165) is 29.1 Å². The lowest BCUT2D eigenvalue weighted by atomic mass is 9.96.